The van der Waals surface area contributed by atoms with E-state index in [4.69, 9.17) is 0 Å². The first kappa shape index (κ1) is 13.7. The Kier molecular flexibility index (Phi) is 3.95. The molecule has 0 spiro atoms. The highest BCUT2D eigenvalue weighted by Gasteiger charge is 2.18. The second-order valence-corrected chi connectivity index (χ2v) is 5.33. The molecule has 4 heteroatoms. The molecule has 1 aliphatic rings. The largest absolute Gasteiger partial charge is 0.383 e. The third-order valence-corrected chi connectivity index (χ3v) is 3.87. The second-order valence-electron chi connectivity index (χ2n) is 5.33. The number of nitrogens with zero attached hydrogens (tertiary/aromatic N) is 2. The van der Waals surface area contributed by atoms with Gasteiger partial charge in [0, 0.05) is 38.9 Å². The highest BCUT2D eigenvalue weighted by atomic mass is 19.1. The minimum absolute atomic E-state index is 0.204. The monoisotopic (exact) mass is 285 g/mol. The van der Waals surface area contributed by atoms with Gasteiger partial charge in [-0.1, -0.05) is 18.2 Å². The van der Waals surface area contributed by atoms with Gasteiger partial charge in [-0.05, 0) is 30.3 Å². The summed E-state index contributed by atoms with van der Waals surface area (Å²) in [5, 5.41) is 3.28. The van der Waals surface area contributed by atoms with Gasteiger partial charge in [-0.3, -0.25) is 0 Å². The highest BCUT2D eigenvalue weighted by Crippen LogP contribution is 2.31. The van der Waals surface area contributed by atoms with E-state index in [-0.39, 0.29) is 5.82 Å². The van der Waals surface area contributed by atoms with Crippen molar-refractivity contribution in [3.05, 3.63) is 54.3 Å². The van der Waals surface area contributed by atoms with Gasteiger partial charge in [0.1, 0.15) is 5.82 Å². The molecule has 21 heavy (non-hydrogen) atoms. The van der Waals surface area contributed by atoms with Gasteiger partial charge < -0.3 is 15.1 Å². The number of rotatable bonds is 4. The first-order valence-electron chi connectivity index (χ1n) is 7.28. The van der Waals surface area contributed by atoms with Gasteiger partial charge in [-0.25, -0.2) is 4.39 Å². The van der Waals surface area contributed by atoms with E-state index in [9.17, 15) is 4.39 Å². The number of para-hydroxylation sites is 2. The van der Waals surface area contributed by atoms with Crippen molar-refractivity contribution in [2.24, 2.45) is 0 Å². The fraction of sp³-hybridized carbons (Fsp3) is 0.294. The number of likely N-dealkylation sites (N-methyl/N-ethyl adjacent to an activating group) is 1. The number of hydrogen-bond acceptors (Lipinski definition) is 3. The lowest BCUT2D eigenvalue weighted by Crippen LogP contribution is -2.41. The van der Waals surface area contributed by atoms with Crippen LogP contribution in [0.5, 0.6) is 0 Å². The summed E-state index contributed by atoms with van der Waals surface area (Å²) >= 11 is 0. The number of nitrogens with one attached hydrogen (secondary N) is 1. The van der Waals surface area contributed by atoms with Crippen LogP contribution >= 0.6 is 0 Å². The summed E-state index contributed by atoms with van der Waals surface area (Å²) in [6.07, 6.45) is 0. The molecule has 2 aromatic carbocycles. The maximum atomic E-state index is 13.1. The van der Waals surface area contributed by atoms with Crippen LogP contribution in [-0.4, -0.2) is 33.2 Å². The molecular formula is C17H20FN3. The Morgan fingerprint density at radius 3 is 2.67 bits per heavy atom. The van der Waals surface area contributed by atoms with E-state index in [1.165, 1.54) is 23.5 Å². The van der Waals surface area contributed by atoms with Gasteiger partial charge in [-0.2, -0.15) is 0 Å². The van der Waals surface area contributed by atoms with Crippen LogP contribution in [0.15, 0.2) is 48.5 Å². The molecule has 0 atom stereocenters. The van der Waals surface area contributed by atoms with Crippen LogP contribution in [0.1, 0.15) is 0 Å². The van der Waals surface area contributed by atoms with E-state index >= 15 is 0 Å². The summed E-state index contributed by atoms with van der Waals surface area (Å²) in [4.78, 5) is 4.66. The molecule has 0 saturated carbocycles. The molecule has 2 aromatic rings. The van der Waals surface area contributed by atoms with Crippen molar-refractivity contribution in [1.82, 2.24) is 0 Å². The maximum absolute atomic E-state index is 13.1. The Morgan fingerprint density at radius 2 is 1.86 bits per heavy atom. The van der Waals surface area contributed by atoms with Crippen molar-refractivity contribution in [2.75, 3.05) is 48.3 Å². The van der Waals surface area contributed by atoms with Crippen molar-refractivity contribution in [2.45, 2.75) is 0 Å². The average molecular weight is 285 g/mol. The Balaban J connectivity index is 1.63. The Hall–Kier alpha value is -2.23. The number of halogens is 1. The van der Waals surface area contributed by atoms with Crippen molar-refractivity contribution in [3.8, 4) is 0 Å². The molecule has 110 valence electrons. The highest BCUT2D eigenvalue weighted by molar-refractivity contribution is 5.73. The first-order valence-corrected chi connectivity index (χ1v) is 7.28. The van der Waals surface area contributed by atoms with Gasteiger partial charge in [0.05, 0.1) is 11.4 Å². The minimum Gasteiger partial charge on any atom is -0.383 e. The van der Waals surface area contributed by atoms with E-state index in [2.05, 4.69) is 46.4 Å². The first-order chi connectivity index (χ1) is 10.2. The summed E-state index contributed by atoms with van der Waals surface area (Å²) in [6.45, 7) is 3.73. The van der Waals surface area contributed by atoms with Crippen molar-refractivity contribution in [3.63, 3.8) is 0 Å². The Morgan fingerprint density at radius 1 is 1.05 bits per heavy atom. The summed E-state index contributed by atoms with van der Waals surface area (Å²) in [5.74, 6) is -0.204. The van der Waals surface area contributed by atoms with Crippen LogP contribution in [0, 0.1) is 5.82 Å². The van der Waals surface area contributed by atoms with E-state index in [0.29, 0.717) is 0 Å². The van der Waals surface area contributed by atoms with Crippen molar-refractivity contribution in [1.29, 1.82) is 0 Å². The summed E-state index contributed by atoms with van der Waals surface area (Å²) in [7, 11) is 2.13. The van der Waals surface area contributed by atoms with Crippen molar-refractivity contribution >= 4 is 17.1 Å². The van der Waals surface area contributed by atoms with E-state index in [0.717, 1.165) is 31.9 Å². The molecule has 0 aliphatic carbocycles. The SMILES string of the molecule is CN1CCN(CCNc2cccc(F)c2)c2ccccc21. The van der Waals surface area contributed by atoms with Crippen LogP contribution in [0.3, 0.4) is 0 Å². The summed E-state index contributed by atoms with van der Waals surface area (Å²) in [5.41, 5.74) is 3.37. The van der Waals surface area contributed by atoms with Gasteiger partial charge in [0.2, 0.25) is 0 Å². The third-order valence-electron chi connectivity index (χ3n) is 3.87. The van der Waals surface area contributed by atoms with Gasteiger partial charge in [-0.15, -0.1) is 0 Å². The molecule has 1 aliphatic heterocycles. The van der Waals surface area contributed by atoms with Gasteiger partial charge in [0.25, 0.3) is 0 Å². The van der Waals surface area contributed by atoms with E-state index < -0.39 is 0 Å². The second kappa shape index (κ2) is 6.04. The Labute approximate surface area is 125 Å². The zero-order valence-electron chi connectivity index (χ0n) is 12.2. The zero-order chi connectivity index (χ0) is 14.7. The zero-order valence-corrected chi connectivity index (χ0v) is 12.2. The average Bonchev–Trinajstić information content (AvgIpc) is 2.50. The molecule has 1 N–H and O–H groups in total. The molecule has 0 fully saturated rings. The molecule has 0 saturated heterocycles. The third kappa shape index (κ3) is 3.10. The smallest absolute Gasteiger partial charge is 0.125 e. The summed E-state index contributed by atoms with van der Waals surface area (Å²) < 4.78 is 13.1. The molecule has 0 amide bonds. The van der Waals surface area contributed by atoms with Crippen LogP contribution in [0.4, 0.5) is 21.5 Å². The molecular weight excluding hydrogens is 265 g/mol. The lowest BCUT2D eigenvalue weighted by Gasteiger charge is -2.37. The van der Waals surface area contributed by atoms with Crippen LogP contribution in [0.25, 0.3) is 0 Å². The molecule has 0 radical (unpaired) electrons. The van der Waals surface area contributed by atoms with Crippen LogP contribution in [0.2, 0.25) is 0 Å². The number of anilines is 3. The molecule has 1 heterocycles. The number of hydrogen-bond donors (Lipinski definition) is 1. The predicted molar refractivity (Wildman–Crippen MR) is 86.8 cm³/mol. The molecule has 0 bridgehead atoms. The van der Waals surface area contributed by atoms with Crippen molar-refractivity contribution < 1.29 is 4.39 Å². The lowest BCUT2D eigenvalue weighted by atomic mass is 10.2. The maximum Gasteiger partial charge on any atom is 0.125 e. The summed E-state index contributed by atoms with van der Waals surface area (Å²) in [6, 6.07) is 15.1. The van der Waals surface area contributed by atoms with Gasteiger partial charge >= 0.3 is 0 Å². The number of fused-ring (bicyclic) bond motifs is 1. The molecule has 0 aromatic heterocycles. The van der Waals surface area contributed by atoms with Crippen LogP contribution in [-0.2, 0) is 0 Å². The molecule has 3 nitrogen and oxygen atoms in total. The minimum atomic E-state index is -0.204. The fourth-order valence-corrected chi connectivity index (χ4v) is 2.73. The lowest BCUT2D eigenvalue weighted by molar-refractivity contribution is 0.628. The number of benzene rings is 2. The quantitative estimate of drug-likeness (QED) is 0.930. The standard InChI is InChI=1S/C17H20FN3/c1-20-11-12-21(17-8-3-2-7-16(17)20)10-9-19-15-6-4-5-14(18)13-15/h2-8,13,19H,9-12H2,1H3. The normalized spacial score (nSPS) is 14.0. The predicted octanol–water partition coefficient (Wildman–Crippen LogP) is 3.19. The van der Waals surface area contributed by atoms with E-state index in [1.807, 2.05) is 6.07 Å². The van der Waals surface area contributed by atoms with E-state index in [1.54, 1.807) is 6.07 Å². The molecule has 0 unspecified atom stereocenters. The topological polar surface area (TPSA) is 18.5 Å². The Bertz CT molecular complexity index is 614. The van der Waals surface area contributed by atoms with Crippen LogP contribution < -0.4 is 15.1 Å². The molecule has 3 rings (SSSR count). The fourth-order valence-electron chi connectivity index (χ4n) is 2.73. The van der Waals surface area contributed by atoms with Gasteiger partial charge in [0.15, 0.2) is 0 Å².